The molecule has 0 N–H and O–H groups in total. The fraction of sp³-hybridized carbons (Fsp3) is 0.476. The summed E-state index contributed by atoms with van der Waals surface area (Å²) in [6.07, 6.45) is 2.63. The van der Waals surface area contributed by atoms with Gasteiger partial charge in [0.25, 0.3) is 5.60 Å². The number of hydrogen-bond acceptors (Lipinski definition) is 5. The first-order chi connectivity index (χ1) is 12.2. The number of carbonyl (C=O) groups excluding carboxylic acids is 3. The summed E-state index contributed by atoms with van der Waals surface area (Å²) in [4.78, 5) is 39.2. The van der Waals surface area contributed by atoms with Gasteiger partial charge in [-0.2, -0.15) is 0 Å². The Kier molecular flexibility index (Phi) is 4.39. The summed E-state index contributed by atoms with van der Waals surface area (Å²) in [5.74, 6) is -1.28. The Morgan fingerprint density at radius 1 is 1.23 bits per heavy atom. The van der Waals surface area contributed by atoms with Crippen LogP contribution in [0, 0.1) is 5.92 Å². The third kappa shape index (κ3) is 2.37. The Hall–Kier alpha value is -2.27. The normalized spacial score (nSPS) is 26.2. The van der Waals surface area contributed by atoms with Crippen LogP contribution in [0.5, 0.6) is 0 Å². The number of ether oxygens (including phenoxy) is 2. The van der Waals surface area contributed by atoms with Crippen molar-refractivity contribution in [3.8, 4) is 0 Å². The Bertz CT molecular complexity index is 831. The van der Waals surface area contributed by atoms with Crippen LogP contribution in [0.4, 0.5) is 0 Å². The molecule has 1 saturated heterocycles. The lowest BCUT2D eigenvalue weighted by molar-refractivity contribution is -0.145. The minimum absolute atomic E-state index is 0.169. The summed E-state index contributed by atoms with van der Waals surface area (Å²) in [6, 6.07) is 5.26. The lowest BCUT2D eigenvalue weighted by Crippen LogP contribution is -2.50. The fourth-order valence-electron chi connectivity index (χ4n) is 3.80. The molecule has 2 aliphatic rings. The van der Waals surface area contributed by atoms with Gasteiger partial charge in [0.2, 0.25) is 5.78 Å². The van der Waals surface area contributed by atoms with Gasteiger partial charge in [-0.25, -0.2) is 4.79 Å². The molecule has 0 saturated carbocycles. The number of epoxide rings is 1. The summed E-state index contributed by atoms with van der Waals surface area (Å²) < 4.78 is 10.6. The van der Waals surface area contributed by atoms with Gasteiger partial charge in [0.1, 0.15) is 0 Å². The maximum atomic E-state index is 13.4. The van der Waals surface area contributed by atoms with E-state index in [1.54, 1.807) is 12.1 Å². The van der Waals surface area contributed by atoms with Crippen molar-refractivity contribution in [2.75, 3.05) is 7.11 Å². The molecule has 5 heteroatoms. The second kappa shape index (κ2) is 6.16. The molecule has 0 spiro atoms. The average molecular weight is 356 g/mol. The van der Waals surface area contributed by atoms with E-state index < -0.39 is 23.0 Å². The van der Waals surface area contributed by atoms with E-state index in [1.165, 1.54) is 7.11 Å². The predicted octanol–water partition coefficient (Wildman–Crippen LogP) is 3.30. The molecule has 1 fully saturated rings. The SMILES string of the molecule is COC(=O)[C@@]12O[C@@]1(CC=C(C)C)C(=O)c1cccc(CC(C)C)c1C2=O. The van der Waals surface area contributed by atoms with Crippen LogP contribution < -0.4 is 0 Å². The monoisotopic (exact) mass is 356 g/mol. The molecule has 26 heavy (non-hydrogen) atoms. The van der Waals surface area contributed by atoms with E-state index >= 15 is 0 Å². The Morgan fingerprint density at radius 3 is 2.50 bits per heavy atom. The number of carbonyl (C=O) groups is 3. The van der Waals surface area contributed by atoms with Gasteiger partial charge in [-0.1, -0.05) is 43.7 Å². The number of benzene rings is 1. The van der Waals surface area contributed by atoms with Crippen molar-refractivity contribution in [3.63, 3.8) is 0 Å². The van der Waals surface area contributed by atoms with Gasteiger partial charge < -0.3 is 9.47 Å². The van der Waals surface area contributed by atoms with Crippen LogP contribution in [0.3, 0.4) is 0 Å². The zero-order valence-electron chi connectivity index (χ0n) is 15.8. The van der Waals surface area contributed by atoms with Crippen LogP contribution in [0.2, 0.25) is 0 Å². The van der Waals surface area contributed by atoms with Crippen LogP contribution >= 0.6 is 0 Å². The number of fused-ring (bicyclic) bond motifs is 2. The largest absolute Gasteiger partial charge is 0.466 e. The molecule has 2 atom stereocenters. The van der Waals surface area contributed by atoms with E-state index in [1.807, 2.05) is 39.8 Å². The van der Waals surface area contributed by atoms with E-state index in [9.17, 15) is 14.4 Å². The van der Waals surface area contributed by atoms with Crippen molar-refractivity contribution in [2.24, 2.45) is 5.92 Å². The molecule has 1 heterocycles. The molecule has 1 aromatic carbocycles. The van der Waals surface area contributed by atoms with E-state index in [4.69, 9.17) is 9.47 Å². The molecule has 138 valence electrons. The van der Waals surface area contributed by atoms with Crippen molar-refractivity contribution < 1.29 is 23.9 Å². The molecule has 0 radical (unpaired) electrons. The van der Waals surface area contributed by atoms with E-state index in [0.717, 1.165) is 11.1 Å². The van der Waals surface area contributed by atoms with Crippen molar-refractivity contribution in [3.05, 3.63) is 46.5 Å². The van der Waals surface area contributed by atoms with Crippen molar-refractivity contribution in [1.29, 1.82) is 0 Å². The fourth-order valence-corrected chi connectivity index (χ4v) is 3.80. The first-order valence-electron chi connectivity index (χ1n) is 8.84. The maximum absolute atomic E-state index is 13.4. The third-order valence-corrected chi connectivity index (χ3v) is 5.06. The Balaban J connectivity index is 2.20. The first kappa shape index (κ1) is 18.5. The van der Waals surface area contributed by atoms with Gasteiger partial charge in [0.15, 0.2) is 11.4 Å². The lowest BCUT2D eigenvalue weighted by atomic mass is 9.70. The van der Waals surface area contributed by atoms with Gasteiger partial charge in [-0.15, -0.1) is 0 Å². The average Bonchev–Trinajstić information content (AvgIpc) is 3.29. The molecule has 5 nitrogen and oxygen atoms in total. The molecule has 1 aromatic rings. The lowest BCUT2D eigenvalue weighted by Gasteiger charge is -2.25. The van der Waals surface area contributed by atoms with Crippen LogP contribution in [0.15, 0.2) is 29.8 Å². The molecule has 3 rings (SSSR count). The summed E-state index contributed by atoms with van der Waals surface area (Å²) in [5, 5.41) is 0. The standard InChI is InChI=1S/C21H24O5/c1-12(2)9-10-20-17(22)15-8-6-7-14(11-13(3)4)16(15)18(23)21(20,26-20)19(24)25-5/h6-9,13H,10-11H2,1-5H3/t20-,21+/m0/s1. The number of Topliss-reactive ketones (excluding diaryl/α,β-unsaturated/α-hetero) is 2. The molecule has 0 aromatic heterocycles. The zero-order chi connectivity index (χ0) is 19.3. The molecule has 1 aliphatic carbocycles. The topological polar surface area (TPSA) is 73.0 Å². The highest BCUT2D eigenvalue weighted by molar-refractivity contribution is 6.33. The van der Waals surface area contributed by atoms with E-state index in [-0.39, 0.29) is 12.2 Å². The highest BCUT2D eigenvalue weighted by Crippen LogP contribution is 2.58. The number of esters is 1. The number of ketones is 2. The summed E-state index contributed by atoms with van der Waals surface area (Å²) in [5.41, 5.74) is -0.948. The Labute approximate surface area is 153 Å². The molecule has 1 aliphatic heterocycles. The number of rotatable bonds is 5. The number of methoxy groups -OCH3 is 1. The molecule has 0 bridgehead atoms. The summed E-state index contributed by atoms with van der Waals surface area (Å²) >= 11 is 0. The van der Waals surface area contributed by atoms with Gasteiger partial charge in [-0.3, -0.25) is 9.59 Å². The highest BCUT2D eigenvalue weighted by Gasteiger charge is 2.85. The van der Waals surface area contributed by atoms with Crippen molar-refractivity contribution >= 4 is 17.5 Å². The third-order valence-electron chi connectivity index (χ3n) is 5.06. The summed E-state index contributed by atoms with van der Waals surface area (Å²) in [7, 11) is 1.21. The van der Waals surface area contributed by atoms with Crippen molar-refractivity contribution in [2.45, 2.75) is 51.7 Å². The molecular weight excluding hydrogens is 332 g/mol. The molecule has 0 amide bonds. The van der Waals surface area contributed by atoms with Crippen LogP contribution in [-0.2, 0) is 20.7 Å². The maximum Gasteiger partial charge on any atom is 0.350 e. The van der Waals surface area contributed by atoms with Gasteiger partial charge >= 0.3 is 5.97 Å². The van der Waals surface area contributed by atoms with Gasteiger partial charge in [-0.05, 0) is 31.7 Å². The van der Waals surface area contributed by atoms with Crippen molar-refractivity contribution in [1.82, 2.24) is 0 Å². The molecular formula is C21H24O5. The quantitative estimate of drug-likeness (QED) is 0.350. The minimum Gasteiger partial charge on any atom is -0.466 e. The smallest absolute Gasteiger partial charge is 0.350 e. The van der Waals surface area contributed by atoms with Gasteiger partial charge in [0.05, 0.1) is 7.11 Å². The predicted molar refractivity (Wildman–Crippen MR) is 96.3 cm³/mol. The zero-order valence-corrected chi connectivity index (χ0v) is 15.8. The second-order valence-electron chi connectivity index (χ2n) is 7.68. The Morgan fingerprint density at radius 2 is 1.92 bits per heavy atom. The van der Waals surface area contributed by atoms with E-state index in [2.05, 4.69) is 0 Å². The first-order valence-corrected chi connectivity index (χ1v) is 8.84. The minimum atomic E-state index is -1.86. The van der Waals surface area contributed by atoms with Crippen LogP contribution in [-0.4, -0.2) is 35.8 Å². The molecule has 0 unspecified atom stereocenters. The number of hydrogen-bond donors (Lipinski definition) is 0. The van der Waals surface area contributed by atoms with Gasteiger partial charge in [0, 0.05) is 17.5 Å². The second-order valence-corrected chi connectivity index (χ2v) is 7.68. The van der Waals surface area contributed by atoms with E-state index in [0.29, 0.717) is 23.5 Å². The van der Waals surface area contributed by atoms with Crippen LogP contribution in [0.25, 0.3) is 0 Å². The van der Waals surface area contributed by atoms with Crippen LogP contribution in [0.1, 0.15) is 60.4 Å². The highest BCUT2D eigenvalue weighted by atomic mass is 16.7. The number of allylic oxidation sites excluding steroid dienone is 1. The summed E-state index contributed by atoms with van der Waals surface area (Å²) in [6.45, 7) is 7.86.